The van der Waals surface area contributed by atoms with E-state index in [2.05, 4.69) is 15.4 Å². The molecule has 0 aliphatic heterocycles. The molecule has 0 bridgehead atoms. The first-order valence-corrected chi connectivity index (χ1v) is 9.56. The highest BCUT2D eigenvalue weighted by Crippen LogP contribution is 2.57. The molecule has 0 amide bonds. The van der Waals surface area contributed by atoms with E-state index in [0.717, 1.165) is 0 Å². The first-order valence-electron chi connectivity index (χ1n) is 6.54. The Bertz CT molecular complexity index is 496. The van der Waals surface area contributed by atoms with Crippen molar-refractivity contribution in [3.05, 3.63) is 12.2 Å². The van der Waals surface area contributed by atoms with Gasteiger partial charge >= 0.3 is 21.6 Å². The van der Waals surface area contributed by atoms with Crippen LogP contribution in [0, 0.1) is 0 Å². The van der Waals surface area contributed by atoms with Gasteiger partial charge in [0.1, 0.15) is 0 Å². The third-order valence-corrected chi connectivity index (χ3v) is 4.36. The van der Waals surface area contributed by atoms with E-state index in [1.807, 2.05) is 0 Å². The van der Waals surface area contributed by atoms with Crippen LogP contribution in [0.1, 0.15) is 33.1 Å². The molecule has 0 fully saturated rings. The van der Waals surface area contributed by atoms with Gasteiger partial charge in [-0.25, -0.2) is 9.13 Å². The molecular weight excluding hydrogens is 370 g/mol. The lowest BCUT2D eigenvalue weighted by Gasteiger charge is -2.18. The quantitative estimate of drug-likeness (QED) is 0.226. The van der Waals surface area contributed by atoms with Gasteiger partial charge in [-0.2, -0.15) is 4.31 Å². The molecule has 0 heterocycles. The largest absolute Gasteiger partial charge is 0.481 e. The number of aliphatic hydroxyl groups is 2. The lowest BCUT2D eigenvalue weighted by atomic mass is 9.99. The summed E-state index contributed by atoms with van der Waals surface area (Å²) in [4.78, 5) is 35.2. The first kappa shape index (κ1) is 25.6. The van der Waals surface area contributed by atoms with Gasteiger partial charge in [-0.1, -0.05) is 5.57 Å². The van der Waals surface area contributed by atoms with E-state index in [-0.39, 0.29) is 26.1 Å². The van der Waals surface area contributed by atoms with Crippen molar-refractivity contribution in [2.75, 3.05) is 13.2 Å². The molecule has 6 N–H and O–H groups in total. The molecule has 0 aromatic rings. The highest BCUT2D eigenvalue weighted by molar-refractivity contribution is 7.60. The van der Waals surface area contributed by atoms with E-state index >= 15 is 0 Å². The zero-order valence-corrected chi connectivity index (χ0v) is 15.2. The minimum atomic E-state index is -5.01. The van der Waals surface area contributed by atoms with Crippen molar-refractivity contribution in [1.29, 1.82) is 0 Å². The van der Waals surface area contributed by atoms with Gasteiger partial charge in [0.25, 0.3) is 0 Å². The second-order valence-corrected chi connectivity index (χ2v) is 7.95. The molecule has 13 heteroatoms. The molecule has 0 aromatic carbocycles. The standard InChI is InChI=1S/C6H12O4.C5H12O7P2/c1-6(10,2-3-7)4-5(8)9;1-5(2)3-4-11-14(9,10)12-13(6,7)8/h7,10H,2-4H2,1H3,(H,8,9);1,3-4H2,2H3,(H,9,10)(H2,6,7,8). The fraction of sp³-hybridized carbons (Fsp3) is 0.727. The molecule has 2 unspecified atom stereocenters. The van der Waals surface area contributed by atoms with Crippen LogP contribution in [-0.4, -0.2) is 54.8 Å². The maximum Gasteiger partial charge on any atom is 0.481 e. The normalized spacial score (nSPS) is 16.3. The lowest BCUT2D eigenvalue weighted by Crippen LogP contribution is -2.28. The molecule has 0 saturated carbocycles. The summed E-state index contributed by atoms with van der Waals surface area (Å²) in [5, 5.41) is 25.7. The zero-order chi connectivity index (χ0) is 19.6. The molecule has 0 spiro atoms. The number of carbonyl (C=O) groups is 1. The smallest absolute Gasteiger partial charge is 0.481 e. The van der Waals surface area contributed by atoms with Crippen LogP contribution in [-0.2, 0) is 22.8 Å². The topological polar surface area (TPSA) is 191 Å². The van der Waals surface area contributed by atoms with Gasteiger partial charge in [0.2, 0.25) is 0 Å². The molecule has 0 rings (SSSR count). The van der Waals surface area contributed by atoms with Crippen LogP contribution < -0.4 is 0 Å². The van der Waals surface area contributed by atoms with E-state index in [0.29, 0.717) is 12.0 Å². The number of rotatable bonds is 10. The van der Waals surface area contributed by atoms with E-state index in [1.165, 1.54) is 6.92 Å². The molecule has 24 heavy (non-hydrogen) atoms. The van der Waals surface area contributed by atoms with Crippen molar-refractivity contribution >= 4 is 21.6 Å². The summed E-state index contributed by atoms with van der Waals surface area (Å²) < 4.78 is 28.8. The molecule has 0 radical (unpaired) electrons. The highest BCUT2D eigenvalue weighted by atomic mass is 31.3. The van der Waals surface area contributed by atoms with Crippen LogP contribution in [0.3, 0.4) is 0 Å². The Balaban J connectivity index is 0. The second kappa shape index (κ2) is 11.1. The Morgan fingerprint density at radius 1 is 1.25 bits per heavy atom. The van der Waals surface area contributed by atoms with Crippen molar-refractivity contribution in [3.63, 3.8) is 0 Å². The SMILES string of the molecule is C=C(C)CCOP(=O)(O)OP(=O)(O)O.CC(O)(CCO)CC(=O)O. The van der Waals surface area contributed by atoms with Crippen LogP contribution in [0.15, 0.2) is 12.2 Å². The molecule has 144 valence electrons. The molecule has 0 saturated heterocycles. The number of hydrogen-bond donors (Lipinski definition) is 6. The molecule has 11 nitrogen and oxygen atoms in total. The van der Waals surface area contributed by atoms with Crippen LogP contribution in [0.5, 0.6) is 0 Å². The second-order valence-electron chi connectivity index (χ2n) is 5.12. The summed E-state index contributed by atoms with van der Waals surface area (Å²) in [5.74, 6) is -1.06. The average Bonchev–Trinajstić information content (AvgIpc) is 2.22. The van der Waals surface area contributed by atoms with Crippen molar-refractivity contribution in [2.24, 2.45) is 0 Å². The van der Waals surface area contributed by atoms with Crippen molar-refractivity contribution < 1.29 is 52.8 Å². The van der Waals surface area contributed by atoms with Crippen LogP contribution >= 0.6 is 15.6 Å². The van der Waals surface area contributed by atoms with Gasteiger partial charge in [-0.15, -0.1) is 6.58 Å². The Hall–Kier alpha value is -0.610. The Morgan fingerprint density at radius 3 is 2.08 bits per heavy atom. The van der Waals surface area contributed by atoms with Crippen LogP contribution in [0.4, 0.5) is 0 Å². The van der Waals surface area contributed by atoms with Gasteiger partial charge in [0.05, 0.1) is 18.6 Å². The highest BCUT2D eigenvalue weighted by Gasteiger charge is 2.31. The lowest BCUT2D eigenvalue weighted by molar-refractivity contribution is -0.142. The molecular formula is C11H24O11P2. The Morgan fingerprint density at radius 2 is 1.75 bits per heavy atom. The summed E-state index contributed by atoms with van der Waals surface area (Å²) in [5.41, 5.74) is -0.568. The molecule has 0 aromatic heterocycles. The fourth-order valence-corrected chi connectivity index (χ4v) is 2.73. The van der Waals surface area contributed by atoms with Gasteiger partial charge in [0.15, 0.2) is 0 Å². The maximum absolute atomic E-state index is 10.8. The van der Waals surface area contributed by atoms with Crippen molar-refractivity contribution in [2.45, 2.75) is 38.7 Å². The number of hydrogen-bond acceptors (Lipinski definition) is 7. The number of phosphoric ester groups is 1. The predicted molar refractivity (Wildman–Crippen MR) is 82.9 cm³/mol. The number of carboxylic acids is 1. The summed E-state index contributed by atoms with van der Waals surface area (Å²) in [6.07, 6.45) is 0.0714. The number of aliphatic carboxylic acids is 1. The number of phosphoric acid groups is 2. The summed E-state index contributed by atoms with van der Waals surface area (Å²) >= 11 is 0. The minimum Gasteiger partial charge on any atom is -0.481 e. The minimum absolute atomic E-state index is 0.0965. The van der Waals surface area contributed by atoms with Gasteiger partial charge in [0, 0.05) is 6.61 Å². The van der Waals surface area contributed by atoms with Crippen LogP contribution in [0.2, 0.25) is 0 Å². The van der Waals surface area contributed by atoms with E-state index in [4.69, 9.17) is 30.0 Å². The average molecular weight is 394 g/mol. The molecule has 0 aliphatic rings. The van der Waals surface area contributed by atoms with Crippen LogP contribution in [0.25, 0.3) is 0 Å². The van der Waals surface area contributed by atoms with Gasteiger partial charge < -0.3 is 30.0 Å². The van der Waals surface area contributed by atoms with Crippen molar-refractivity contribution in [3.8, 4) is 0 Å². The molecule has 0 aliphatic carbocycles. The maximum atomic E-state index is 10.8. The third kappa shape index (κ3) is 19.4. The Labute approximate surface area is 139 Å². The van der Waals surface area contributed by atoms with Gasteiger partial charge in [-0.3, -0.25) is 9.32 Å². The monoisotopic (exact) mass is 394 g/mol. The van der Waals surface area contributed by atoms with E-state index in [1.54, 1.807) is 6.92 Å². The summed E-state index contributed by atoms with van der Waals surface area (Å²) in [7, 11) is -9.69. The fourth-order valence-electron chi connectivity index (χ4n) is 1.15. The summed E-state index contributed by atoms with van der Waals surface area (Å²) in [6.45, 7) is 6.18. The number of carboxylic acid groups (broad SMARTS) is 1. The molecule has 2 atom stereocenters. The van der Waals surface area contributed by atoms with E-state index < -0.39 is 27.2 Å². The van der Waals surface area contributed by atoms with Gasteiger partial charge in [-0.05, 0) is 26.7 Å². The van der Waals surface area contributed by atoms with E-state index in [9.17, 15) is 13.9 Å². The zero-order valence-electron chi connectivity index (χ0n) is 13.4. The third-order valence-electron chi connectivity index (χ3n) is 2.18. The predicted octanol–water partition coefficient (Wildman–Crippen LogP) is 0.773. The van der Waals surface area contributed by atoms with Crippen molar-refractivity contribution in [1.82, 2.24) is 0 Å². The first-order chi connectivity index (χ1) is 10.6. The summed E-state index contributed by atoms with van der Waals surface area (Å²) in [6, 6.07) is 0. The number of aliphatic hydroxyl groups excluding tert-OH is 1. The Kier molecular flexibility index (Phi) is 11.8.